The summed E-state index contributed by atoms with van der Waals surface area (Å²) in [7, 11) is 0. The molecule has 2 heterocycles. The number of fused-ring (bicyclic) bond motifs is 1. The number of benzene rings is 3. The van der Waals surface area contributed by atoms with Gasteiger partial charge in [0.2, 0.25) is 6.79 Å². The number of hydrogen-bond donors (Lipinski definition) is 0. The third kappa shape index (κ3) is 5.61. The molecule has 0 spiro atoms. The van der Waals surface area contributed by atoms with E-state index in [1.54, 1.807) is 36.4 Å². The molecule has 0 radical (unpaired) electrons. The lowest BCUT2D eigenvalue weighted by molar-refractivity contribution is -0.123. The van der Waals surface area contributed by atoms with Crippen molar-refractivity contribution in [2.45, 2.75) is 20.1 Å². The van der Waals surface area contributed by atoms with Gasteiger partial charge in [-0.1, -0.05) is 41.4 Å². The summed E-state index contributed by atoms with van der Waals surface area (Å²) in [6, 6.07) is 14.3. The van der Waals surface area contributed by atoms with E-state index in [-0.39, 0.29) is 24.8 Å². The van der Waals surface area contributed by atoms with Crippen LogP contribution in [0.15, 0.2) is 57.9 Å². The SMILES string of the molecule is CCOc1cc(/C=C2/SC(=O)N(Cc3cc4c(cc3Cl)OCO4)C2=O)cc(Br)c1OCc1ccccc1Cl. The molecule has 0 saturated carbocycles. The number of amides is 2. The molecule has 7 nitrogen and oxygen atoms in total. The maximum atomic E-state index is 13.2. The van der Waals surface area contributed by atoms with E-state index in [1.165, 1.54) is 0 Å². The standard InChI is InChI=1S/C27H20BrCl2NO6S/c1-2-34-23-8-15(7-18(28)25(23)35-13-16-5-3-4-6-19(16)29)9-24-26(32)31(27(33)38-24)12-17-10-21-22(11-20(17)30)37-14-36-21/h3-11H,2,12-14H2,1H3/b24-9+. The molecule has 3 aromatic carbocycles. The van der Waals surface area contributed by atoms with E-state index in [0.717, 1.165) is 22.2 Å². The first-order valence-corrected chi connectivity index (χ1v) is 13.9. The number of rotatable bonds is 8. The second kappa shape index (κ2) is 11.5. The molecule has 11 heteroatoms. The Labute approximate surface area is 241 Å². The van der Waals surface area contributed by atoms with E-state index < -0.39 is 11.1 Å². The third-order valence-corrected chi connectivity index (χ3v) is 7.92. The molecule has 1 fully saturated rings. The van der Waals surface area contributed by atoms with Crippen molar-refractivity contribution < 1.29 is 28.5 Å². The zero-order chi connectivity index (χ0) is 26.8. The van der Waals surface area contributed by atoms with Crippen molar-refractivity contribution in [3.05, 3.63) is 84.6 Å². The first-order chi connectivity index (χ1) is 18.3. The molecule has 0 aliphatic carbocycles. The smallest absolute Gasteiger partial charge is 0.293 e. The number of ether oxygens (including phenoxy) is 4. The highest BCUT2D eigenvalue weighted by molar-refractivity contribution is 9.10. The molecule has 0 aromatic heterocycles. The van der Waals surface area contributed by atoms with Crippen LogP contribution in [0.2, 0.25) is 10.0 Å². The Balaban J connectivity index is 1.37. The van der Waals surface area contributed by atoms with Crippen LogP contribution in [0.1, 0.15) is 23.6 Å². The van der Waals surface area contributed by atoms with Crippen molar-refractivity contribution in [1.29, 1.82) is 0 Å². The Kier molecular flexibility index (Phi) is 8.09. The molecule has 38 heavy (non-hydrogen) atoms. The Bertz CT molecular complexity index is 1460. The lowest BCUT2D eigenvalue weighted by atomic mass is 10.1. The molecule has 2 aliphatic heterocycles. The lowest BCUT2D eigenvalue weighted by Gasteiger charge is -2.15. The molecule has 5 rings (SSSR count). The van der Waals surface area contributed by atoms with Gasteiger partial charge in [-0.15, -0.1) is 0 Å². The van der Waals surface area contributed by atoms with Gasteiger partial charge in [-0.3, -0.25) is 14.5 Å². The van der Waals surface area contributed by atoms with Crippen molar-refractivity contribution in [1.82, 2.24) is 4.90 Å². The summed E-state index contributed by atoms with van der Waals surface area (Å²) in [6.07, 6.45) is 1.65. The molecule has 0 unspecified atom stereocenters. The average Bonchev–Trinajstić information content (AvgIpc) is 3.44. The van der Waals surface area contributed by atoms with Crippen LogP contribution in [-0.4, -0.2) is 29.4 Å². The highest BCUT2D eigenvalue weighted by atomic mass is 79.9. The predicted molar refractivity (Wildman–Crippen MR) is 150 cm³/mol. The van der Waals surface area contributed by atoms with Crippen molar-refractivity contribution in [3.63, 3.8) is 0 Å². The summed E-state index contributed by atoms with van der Waals surface area (Å²) in [6.45, 7) is 2.64. The van der Waals surface area contributed by atoms with E-state index in [2.05, 4.69) is 15.9 Å². The fourth-order valence-electron chi connectivity index (χ4n) is 3.88. The van der Waals surface area contributed by atoms with E-state index >= 15 is 0 Å². The zero-order valence-electron chi connectivity index (χ0n) is 20.0. The minimum atomic E-state index is -0.415. The van der Waals surface area contributed by atoms with Crippen LogP contribution in [0.25, 0.3) is 6.08 Å². The highest BCUT2D eigenvalue weighted by Crippen LogP contribution is 2.41. The average molecular weight is 637 g/mol. The number of imide groups is 1. The van der Waals surface area contributed by atoms with Gasteiger partial charge in [-0.05, 0) is 76.1 Å². The number of carbonyl (C=O) groups excluding carboxylic acids is 2. The molecule has 1 saturated heterocycles. The second-order valence-corrected chi connectivity index (χ2v) is 10.9. The molecular formula is C27H20BrCl2NO6S. The molecule has 3 aromatic rings. The van der Waals surface area contributed by atoms with Gasteiger partial charge < -0.3 is 18.9 Å². The lowest BCUT2D eigenvalue weighted by Crippen LogP contribution is -2.27. The van der Waals surface area contributed by atoms with E-state index in [1.807, 2.05) is 25.1 Å². The van der Waals surface area contributed by atoms with Gasteiger partial charge in [0.05, 0.1) is 22.5 Å². The van der Waals surface area contributed by atoms with Crippen molar-refractivity contribution in [2.75, 3.05) is 13.4 Å². The molecule has 0 atom stereocenters. The molecule has 0 N–H and O–H groups in total. The van der Waals surface area contributed by atoms with Gasteiger partial charge in [0.25, 0.3) is 11.1 Å². The van der Waals surface area contributed by atoms with Crippen LogP contribution in [0.3, 0.4) is 0 Å². The quantitative estimate of drug-likeness (QED) is 0.235. The summed E-state index contributed by atoms with van der Waals surface area (Å²) < 4.78 is 23.2. The maximum Gasteiger partial charge on any atom is 0.293 e. The van der Waals surface area contributed by atoms with Crippen LogP contribution in [-0.2, 0) is 17.9 Å². The van der Waals surface area contributed by atoms with Crippen LogP contribution in [0.5, 0.6) is 23.0 Å². The minimum Gasteiger partial charge on any atom is -0.490 e. The van der Waals surface area contributed by atoms with Gasteiger partial charge in [-0.25, -0.2) is 0 Å². The fourth-order valence-corrected chi connectivity index (χ4v) is 5.69. The van der Waals surface area contributed by atoms with Crippen molar-refractivity contribution in [3.8, 4) is 23.0 Å². The largest absolute Gasteiger partial charge is 0.490 e. The van der Waals surface area contributed by atoms with E-state index in [9.17, 15) is 9.59 Å². The minimum absolute atomic E-state index is 0.0141. The second-order valence-electron chi connectivity index (χ2n) is 8.21. The maximum absolute atomic E-state index is 13.2. The Morgan fingerprint density at radius 1 is 1.03 bits per heavy atom. The number of halogens is 3. The predicted octanol–water partition coefficient (Wildman–Crippen LogP) is 7.70. The molecule has 196 valence electrons. The van der Waals surface area contributed by atoms with Gasteiger partial charge in [0, 0.05) is 21.7 Å². The van der Waals surface area contributed by atoms with E-state index in [0.29, 0.717) is 55.2 Å². The van der Waals surface area contributed by atoms with Crippen LogP contribution >= 0.6 is 50.9 Å². The number of thioether (sulfide) groups is 1. The van der Waals surface area contributed by atoms with Gasteiger partial charge in [0.1, 0.15) is 6.61 Å². The Hall–Kier alpha value is -2.85. The van der Waals surface area contributed by atoms with Gasteiger partial charge in [-0.2, -0.15) is 0 Å². The van der Waals surface area contributed by atoms with Gasteiger partial charge >= 0.3 is 0 Å². The highest BCUT2D eigenvalue weighted by Gasteiger charge is 2.36. The van der Waals surface area contributed by atoms with Gasteiger partial charge in [0.15, 0.2) is 23.0 Å². The molecule has 2 amide bonds. The first-order valence-electron chi connectivity index (χ1n) is 11.5. The summed E-state index contributed by atoms with van der Waals surface area (Å²) >= 11 is 17.0. The topological polar surface area (TPSA) is 74.3 Å². The summed E-state index contributed by atoms with van der Waals surface area (Å²) in [5.41, 5.74) is 2.08. The monoisotopic (exact) mass is 635 g/mol. The summed E-state index contributed by atoms with van der Waals surface area (Å²) in [4.78, 5) is 27.3. The summed E-state index contributed by atoms with van der Waals surface area (Å²) in [5.74, 6) is 1.64. The first kappa shape index (κ1) is 26.7. The summed E-state index contributed by atoms with van der Waals surface area (Å²) in [5, 5.41) is 0.602. The Morgan fingerprint density at radius 2 is 1.79 bits per heavy atom. The van der Waals surface area contributed by atoms with E-state index in [4.69, 9.17) is 42.1 Å². The third-order valence-electron chi connectivity index (χ3n) is 5.70. The van der Waals surface area contributed by atoms with Crippen molar-refractivity contribution >= 4 is 68.1 Å². The fraction of sp³-hybridized carbons (Fsp3) is 0.185. The number of nitrogens with zero attached hydrogens (tertiary/aromatic N) is 1. The molecular weight excluding hydrogens is 617 g/mol. The van der Waals surface area contributed by atoms with Crippen molar-refractivity contribution in [2.24, 2.45) is 0 Å². The van der Waals surface area contributed by atoms with Crippen LogP contribution < -0.4 is 18.9 Å². The normalized spacial score (nSPS) is 15.5. The zero-order valence-corrected chi connectivity index (χ0v) is 23.9. The number of carbonyl (C=O) groups is 2. The Morgan fingerprint density at radius 3 is 2.55 bits per heavy atom. The van der Waals surface area contributed by atoms with Crippen LogP contribution in [0.4, 0.5) is 4.79 Å². The molecule has 0 bridgehead atoms. The van der Waals surface area contributed by atoms with Crippen LogP contribution in [0, 0.1) is 0 Å². The number of hydrogen-bond acceptors (Lipinski definition) is 7. The molecule has 2 aliphatic rings.